The fraction of sp³-hybridized carbons (Fsp3) is 1.00. The molecule has 0 spiro atoms. The zero-order valence-corrected chi connectivity index (χ0v) is 7.42. The van der Waals surface area contributed by atoms with Crippen LogP contribution in [0, 0.1) is 0 Å². The van der Waals surface area contributed by atoms with Gasteiger partial charge in [-0.15, -0.1) is 0 Å². The van der Waals surface area contributed by atoms with Gasteiger partial charge in [-0.1, -0.05) is 6.92 Å². The van der Waals surface area contributed by atoms with Gasteiger partial charge in [0.1, 0.15) is 0 Å². The molecule has 1 fully saturated rings. The molecule has 1 atom stereocenters. The van der Waals surface area contributed by atoms with Crippen LogP contribution < -0.4 is 5.32 Å². The number of hydrogen-bond acceptors (Lipinski definition) is 2. The van der Waals surface area contributed by atoms with Crippen molar-refractivity contribution < 1.29 is 4.74 Å². The SMILES string of the molecule is CCC([N]C)N1CCOCC1. The van der Waals surface area contributed by atoms with Gasteiger partial charge in [-0.3, -0.25) is 4.90 Å². The molecule has 1 rings (SSSR count). The summed E-state index contributed by atoms with van der Waals surface area (Å²) in [5.74, 6) is 0. The monoisotopic (exact) mass is 157 g/mol. The lowest BCUT2D eigenvalue weighted by molar-refractivity contribution is 0.00892. The second-order valence-electron chi connectivity index (χ2n) is 2.80. The van der Waals surface area contributed by atoms with Gasteiger partial charge in [0.05, 0.1) is 19.4 Å². The van der Waals surface area contributed by atoms with Crippen molar-refractivity contribution in [2.75, 3.05) is 33.4 Å². The number of ether oxygens (including phenoxy) is 1. The highest BCUT2D eigenvalue weighted by molar-refractivity contribution is 4.68. The zero-order valence-electron chi connectivity index (χ0n) is 7.42. The van der Waals surface area contributed by atoms with Gasteiger partial charge in [0, 0.05) is 20.1 Å². The van der Waals surface area contributed by atoms with Crippen molar-refractivity contribution in [3.05, 3.63) is 0 Å². The molecule has 0 aliphatic carbocycles. The molecule has 0 aromatic rings. The first-order chi connectivity index (χ1) is 5.38. The Labute approximate surface area is 68.7 Å². The minimum absolute atomic E-state index is 0.416. The topological polar surface area (TPSA) is 26.6 Å². The summed E-state index contributed by atoms with van der Waals surface area (Å²) >= 11 is 0. The minimum atomic E-state index is 0.416. The van der Waals surface area contributed by atoms with Crippen molar-refractivity contribution in [2.45, 2.75) is 19.5 Å². The minimum Gasteiger partial charge on any atom is -0.379 e. The van der Waals surface area contributed by atoms with E-state index in [1.807, 2.05) is 7.05 Å². The third kappa shape index (κ3) is 2.43. The van der Waals surface area contributed by atoms with Gasteiger partial charge < -0.3 is 4.74 Å². The van der Waals surface area contributed by atoms with Gasteiger partial charge in [-0.05, 0) is 6.42 Å². The van der Waals surface area contributed by atoms with Crippen LogP contribution in [0.25, 0.3) is 0 Å². The Morgan fingerprint density at radius 2 is 2.09 bits per heavy atom. The average Bonchev–Trinajstić information content (AvgIpc) is 2.09. The molecule has 3 nitrogen and oxygen atoms in total. The van der Waals surface area contributed by atoms with Crippen LogP contribution in [0.3, 0.4) is 0 Å². The van der Waals surface area contributed by atoms with Crippen molar-refractivity contribution in [3.8, 4) is 0 Å². The van der Waals surface area contributed by atoms with Crippen molar-refractivity contribution in [2.24, 2.45) is 0 Å². The second-order valence-corrected chi connectivity index (χ2v) is 2.80. The van der Waals surface area contributed by atoms with E-state index in [1.54, 1.807) is 0 Å². The van der Waals surface area contributed by atoms with Crippen LogP contribution in [0.4, 0.5) is 0 Å². The van der Waals surface area contributed by atoms with E-state index in [0.717, 1.165) is 32.7 Å². The fourth-order valence-corrected chi connectivity index (χ4v) is 1.48. The van der Waals surface area contributed by atoms with Crippen LogP contribution >= 0.6 is 0 Å². The largest absolute Gasteiger partial charge is 0.379 e. The fourth-order valence-electron chi connectivity index (χ4n) is 1.48. The van der Waals surface area contributed by atoms with Crippen LogP contribution in [0.5, 0.6) is 0 Å². The molecular formula is C8H17N2O. The first-order valence-corrected chi connectivity index (χ1v) is 4.29. The van der Waals surface area contributed by atoms with Crippen LogP contribution in [0.15, 0.2) is 0 Å². The maximum absolute atomic E-state index is 5.26. The van der Waals surface area contributed by atoms with Crippen molar-refractivity contribution in [3.63, 3.8) is 0 Å². The molecule has 0 amide bonds. The Hall–Kier alpha value is -0.120. The summed E-state index contributed by atoms with van der Waals surface area (Å²) in [5, 5.41) is 4.30. The van der Waals surface area contributed by atoms with Crippen LogP contribution in [0.1, 0.15) is 13.3 Å². The molecule has 1 saturated heterocycles. The van der Waals surface area contributed by atoms with Crippen molar-refractivity contribution >= 4 is 0 Å². The lowest BCUT2D eigenvalue weighted by Crippen LogP contribution is -2.46. The Morgan fingerprint density at radius 1 is 1.45 bits per heavy atom. The summed E-state index contributed by atoms with van der Waals surface area (Å²) in [7, 11) is 1.89. The van der Waals surface area contributed by atoms with Crippen molar-refractivity contribution in [1.82, 2.24) is 10.2 Å². The van der Waals surface area contributed by atoms with Crippen LogP contribution in [0.2, 0.25) is 0 Å². The van der Waals surface area contributed by atoms with Gasteiger partial charge in [-0.2, -0.15) is 0 Å². The van der Waals surface area contributed by atoms with E-state index in [9.17, 15) is 0 Å². The number of morpholine rings is 1. The predicted molar refractivity (Wildman–Crippen MR) is 44.5 cm³/mol. The number of hydrogen-bond donors (Lipinski definition) is 0. The summed E-state index contributed by atoms with van der Waals surface area (Å²) < 4.78 is 5.26. The van der Waals surface area contributed by atoms with Gasteiger partial charge in [0.2, 0.25) is 0 Å². The Balaban J connectivity index is 2.30. The van der Waals surface area contributed by atoms with Gasteiger partial charge in [0.25, 0.3) is 0 Å². The Kier molecular flexibility index (Phi) is 3.83. The summed E-state index contributed by atoms with van der Waals surface area (Å²) in [6.45, 7) is 5.98. The lowest BCUT2D eigenvalue weighted by Gasteiger charge is -2.32. The van der Waals surface area contributed by atoms with E-state index < -0.39 is 0 Å². The maximum atomic E-state index is 5.26. The Morgan fingerprint density at radius 3 is 2.55 bits per heavy atom. The van der Waals surface area contributed by atoms with Gasteiger partial charge >= 0.3 is 0 Å². The molecule has 0 aromatic heterocycles. The Bertz CT molecular complexity index is 98.3. The van der Waals surface area contributed by atoms with E-state index in [0.29, 0.717) is 6.17 Å². The highest BCUT2D eigenvalue weighted by Crippen LogP contribution is 2.04. The molecule has 1 heterocycles. The summed E-state index contributed by atoms with van der Waals surface area (Å²) in [6, 6.07) is 0. The van der Waals surface area contributed by atoms with Crippen LogP contribution in [-0.4, -0.2) is 44.4 Å². The third-order valence-electron chi connectivity index (χ3n) is 2.13. The normalized spacial score (nSPS) is 23.5. The molecule has 3 heteroatoms. The molecule has 11 heavy (non-hydrogen) atoms. The molecule has 1 aliphatic rings. The third-order valence-corrected chi connectivity index (χ3v) is 2.13. The predicted octanol–water partition coefficient (Wildman–Crippen LogP) is 0.289. The van der Waals surface area contributed by atoms with Gasteiger partial charge in [-0.25, -0.2) is 5.32 Å². The lowest BCUT2D eigenvalue weighted by atomic mass is 10.3. The molecule has 0 saturated carbocycles. The molecule has 1 radical (unpaired) electrons. The summed E-state index contributed by atoms with van der Waals surface area (Å²) in [5.41, 5.74) is 0. The van der Waals surface area contributed by atoms with Crippen molar-refractivity contribution in [1.29, 1.82) is 0 Å². The molecular weight excluding hydrogens is 140 g/mol. The highest BCUT2D eigenvalue weighted by Gasteiger charge is 2.17. The number of rotatable bonds is 3. The standard InChI is InChI=1S/C8H17N2O/c1-3-8(9-2)10-4-6-11-7-5-10/h8H,3-7H2,1-2H3. The quantitative estimate of drug-likeness (QED) is 0.588. The van der Waals surface area contributed by atoms with E-state index >= 15 is 0 Å². The molecule has 1 aliphatic heterocycles. The van der Waals surface area contributed by atoms with E-state index in [4.69, 9.17) is 4.74 Å². The maximum Gasteiger partial charge on any atom is 0.0756 e. The molecule has 0 bridgehead atoms. The van der Waals surface area contributed by atoms with E-state index in [2.05, 4.69) is 17.1 Å². The van der Waals surface area contributed by atoms with Gasteiger partial charge in [0.15, 0.2) is 0 Å². The summed E-state index contributed by atoms with van der Waals surface area (Å²) in [6.07, 6.45) is 1.52. The second kappa shape index (κ2) is 4.70. The first-order valence-electron chi connectivity index (χ1n) is 4.29. The molecule has 0 aromatic carbocycles. The molecule has 1 unspecified atom stereocenters. The smallest absolute Gasteiger partial charge is 0.0756 e. The zero-order chi connectivity index (χ0) is 8.10. The van der Waals surface area contributed by atoms with Crippen LogP contribution in [-0.2, 0) is 4.74 Å². The summed E-state index contributed by atoms with van der Waals surface area (Å²) in [4.78, 5) is 2.38. The number of nitrogens with zero attached hydrogens (tertiary/aromatic N) is 2. The molecule has 65 valence electrons. The van der Waals surface area contributed by atoms with E-state index in [-0.39, 0.29) is 0 Å². The first kappa shape index (κ1) is 8.97. The van der Waals surface area contributed by atoms with E-state index in [1.165, 1.54) is 0 Å². The molecule has 0 N–H and O–H groups in total. The average molecular weight is 157 g/mol. The highest BCUT2D eigenvalue weighted by atomic mass is 16.5.